The minimum atomic E-state index is 0.744. The highest BCUT2D eigenvalue weighted by Gasteiger charge is 1.67. The topological polar surface area (TPSA) is 26.0 Å². The molecule has 0 atom stereocenters. The van der Waals surface area contributed by atoms with Crippen molar-refractivity contribution in [2.24, 2.45) is 5.73 Å². The molecule has 1 nitrogen and oxygen atoms in total. The van der Waals surface area contributed by atoms with Crippen LogP contribution in [-0.2, 0) is 0 Å². The van der Waals surface area contributed by atoms with Crippen LogP contribution in [0.3, 0.4) is 0 Å². The van der Waals surface area contributed by atoms with Crippen molar-refractivity contribution in [2.75, 3.05) is 12.3 Å². The van der Waals surface area contributed by atoms with Gasteiger partial charge < -0.3 is 5.73 Å². The fraction of sp³-hybridized carbons (Fsp3) is 0.667. The Morgan fingerprint density at radius 1 is 1.80 bits per heavy atom. The molecular weight excluding hydrogens is 82.1 g/mol. The summed E-state index contributed by atoms with van der Waals surface area (Å²) < 4.78 is 0. The average Bonchev–Trinajstić information content (AvgIpc) is 1.41. The van der Waals surface area contributed by atoms with Crippen LogP contribution in [0, 0.1) is 6.26 Å². The predicted molar refractivity (Wildman–Crippen MR) is 26.9 cm³/mol. The molecule has 0 unspecified atom stereocenters. The zero-order valence-corrected chi connectivity index (χ0v) is 3.92. The van der Waals surface area contributed by atoms with Gasteiger partial charge in [-0.1, -0.05) is 0 Å². The third kappa shape index (κ3) is 4.31. The first kappa shape index (κ1) is 5.31. The van der Waals surface area contributed by atoms with Crippen molar-refractivity contribution in [1.82, 2.24) is 0 Å². The van der Waals surface area contributed by atoms with Gasteiger partial charge in [0.05, 0.1) is 0 Å². The van der Waals surface area contributed by atoms with E-state index in [0.29, 0.717) is 0 Å². The Hall–Kier alpha value is 0.310. The largest absolute Gasteiger partial charge is 0.330 e. The van der Waals surface area contributed by atoms with Gasteiger partial charge >= 0.3 is 0 Å². The molecule has 0 amide bonds. The minimum absolute atomic E-state index is 0.744. The number of rotatable bonds is 2. The average molecular weight is 90.2 g/mol. The van der Waals surface area contributed by atoms with Crippen molar-refractivity contribution in [1.29, 1.82) is 0 Å². The lowest BCUT2D eigenvalue weighted by molar-refractivity contribution is 1.15. The maximum absolute atomic E-state index is 5.08. The van der Waals surface area contributed by atoms with E-state index in [0.717, 1.165) is 12.3 Å². The van der Waals surface area contributed by atoms with E-state index in [2.05, 4.69) is 6.26 Å². The van der Waals surface area contributed by atoms with Crippen LogP contribution < -0.4 is 5.73 Å². The van der Waals surface area contributed by atoms with Crippen LogP contribution in [0.25, 0.3) is 0 Å². The number of nitrogens with two attached hydrogens (primary N) is 1. The first-order valence-corrected chi connectivity index (χ1v) is 2.64. The first-order chi connectivity index (χ1) is 2.41. The standard InChI is InChI=1S/C3H8NS/c1-5-3-2-4/h1-4H2. The van der Waals surface area contributed by atoms with Gasteiger partial charge in [0.2, 0.25) is 0 Å². The molecule has 0 aliphatic heterocycles. The van der Waals surface area contributed by atoms with Gasteiger partial charge in [-0.05, 0) is 0 Å². The van der Waals surface area contributed by atoms with Gasteiger partial charge in [-0.2, -0.15) is 11.8 Å². The van der Waals surface area contributed by atoms with Crippen molar-refractivity contribution in [3.63, 3.8) is 0 Å². The smallest absolute Gasteiger partial charge is 0.00561 e. The Morgan fingerprint density at radius 2 is 2.40 bits per heavy atom. The summed E-state index contributed by atoms with van der Waals surface area (Å²) in [5, 5.41) is 0. The number of hydrogen-bond donors (Lipinski definition) is 1. The predicted octanol–water partition coefficient (Wildman–Crippen LogP) is 0.470. The van der Waals surface area contributed by atoms with Gasteiger partial charge in [-0.25, -0.2) is 0 Å². The summed E-state index contributed by atoms with van der Waals surface area (Å²) in [6.07, 6.45) is 3.51. The first-order valence-electron chi connectivity index (χ1n) is 1.49. The molecule has 0 heterocycles. The van der Waals surface area contributed by atoms with E-state index < -0.39 is 0 Å². The monoisotopic (exact) mass is 90.0 g/mol. The van der Waals surface area contributed by atoms with Gasteiger partial charge in [-0.3, -0.25) is 0 Å². The highest BCUT2D eigenvalue weighted by molar-refractivity contribution is 8.00. The lowest BCUT2D eigenvalue weighted by atomic mass is 10.8. The molecule has 0 spiro atoms. The second-order valence-electron chi connectivity index (χ2n) is 0.697. The zero-order chi connectivity index (χ0) is 4.12. The van der Waals surface area contributed by atoms with Gasteiger partial charge in [0.25, 0.3) is 0 Å². The van der Waals surface area contributed by atoms with E-state index >= 15 is 0 Å². The highest BCUT2D eigenvalue weighted by atomic mass is 32.2. The molecule has 5 heavy (non-hydrogen) atoms. The van der Waals surface area contributed by atoms with E-state index in [1.807, 2.05) is 0 Å². The SMILES string of the molecule is [CH2]SCCN. The van der Waals surface area contributed by atoms with Crippen molar-refractivity contribution in [3.8, 4) is 0 Å². The van der Waals surface area contributed by atoms with Crippen molar-refractivity contribution < 1.29 is 0 Å². The zero-order valence-electron chi connectivity index (χ0n) is 3.11. The van der Waals surface area contributed by atoms with Crippen LogP contribution in [0.5, 0.6) is 0 Å². The third-order valence-corrected chi connectivity index (χ3v) is 0.787. The fourth-order valence-corrected chi connectivity index (χ4v) is 0.250. The lowest BCUT2D eigenvalue weighted by Gasteiger charge is -1.80. The fourth-order valence-electron chi connectivity index (χ4n) is 0.0833. The second-order valence-corrected chi connectivity index (χ2v) is 1.51. The molecular formula is C3H8NS. The maximum atomic E-state index is 5.08. The third-order valence-electron chi connectivity index (χ3n) is 0.262. The summed E-state index contributed by atoms with van der Waals surface area (Å²) in [4.78, 5) is 0. The van der Waals surface area contributed by atoms with Crippen LogP contribution in [0.2, 0.25) is 0 Å². The van der Waals surface area contributed by atoms with Gasteiger partial charge in [0, 0.05) is 18.6 Å². The molecule has 0 aromatic rings. The summed E-state index contributed by atoms with van der Waals surface area (Å²) in [6, 6.07) is 0. The lowest BCUT2D eigenvalue weighted by Crippen LogP contribution is -1.99. The second kappa shape index (κ2) is 4.31. The molecule has 31 valence electrons. The molecule has 0 aliphatic rings. The van der Waals surface area contributed by atoms with Gasteiger partial charge in [-0.15, -0.1) is 0 Å². The molecule has 1 radical (unpaired) electrons. The Labute approximate surface area is 36.9 Å². The van der Waals surface area contributed by atoms with Crippen LogP contribution in [0.1, 0.15) is 0 Å². The highest BCUT2D eigenvalue weighted by Crippen LogP contribution is 1.87. The quantitative estimate of drug-likeness (QED) is 0.533. The van der Waals surface area contributed by atoms with Crippen molar-refractivity contribution >= 4 is 11.8 Å². The Balaban J connectivity index is 2.19. The summed E-state index contributed by atoms with van der Waals surface area (Å²) in [5.74, 6) is 0.972. The summed E-state index contributed by atoms with van der Waals surface area (Å²) in [5.41, 5.74) is 5.08. The van der Waals surface area contributed by atoms with E-state index in [1.54, 1.807) is 0 Å². The molecule has 0 aromatic heterocycles. The van der Waals surface area contributed by atoms with E-state index in [1.165, 1.54) is 11.8 Å². The molecule has 0 saturated heterocycles. The van der Waals surface area contributed by atoms with Crippen LogP contribution in [0.4, 0.5) is 0 Å². The normalized spacial score (nSPS) is 8.40. The van der Waals surface area contributed by atoms with Crippen LogP contribution >= 0.6 is 11.8 Å². The number of hydrogen-bond acceptors (Lipinski definition) is 2. The molecule has 0 aromatic carbocycles. The van der Waals surface area contributed by atoms with Gasteiger partial charge in [0.1, 0.15) is 0 Å². The molecule has 2 N–H and O–H groups in total. The van der Waals surface area contributed by atoms with E-state index in [-0.39, 0.29) is 0 Å². The van der Waals surface area contributed by atoms with E-state index in [4.69, 9.17) is 5.73 Å². The van der Waals surface area contributed by atoms with E-state index in [9.17, 15) is 0 Å². The molecule has 0 rings (SSSR count). The Bertz CT molecular complexity index is 14.4. The summed E-state index contributed by atoms with van der Waals surface area (Å²) in [6.45, 7) is 0.744. The van der Waals surface area contributed by atoms with Crippen LogP contribution in [-0.4, -0.2) is 12.3 Å². The number of thioether (sulfide) groups is 1. The van der Waals surface area contributed by atoms with Gasteiger partial charge in [0.15, 0.2) is 0 Å². The minimum Gasteiger partial charge on any atom is -0.330 e. The molecule has 0 fully saturated rings. The van der Waals surface area contributed by atoms with Crippen molar-refractivity contribution in [3.05, 3.63) is 6.26 Å². The molecule has 0 saturated carbocycles. The summed E-state index contributed by atoms with van der Waals surface area (Å²) >= 11 is 1.53. The Kier molecular flexibility index (Phi) is 4.58. The van der Waals surface area contributed by atoms with Crippen molar-refractivity contribution in [2.45, 2.75) is 0 Å². The summed E-state index contributed by atoms with van der Waals surface area (Å²) in [7, 11) is 0. The van der Waals surface area contributed by atoms with Crippen LogP contribution in [0.15, 0.2) is 0 Å². The molecule has 2 heteroatoms. The molecule has 0 bridgehead atoms. The maximum Gasteiger partial charge on any atom is 0.00561 e. The molecule has 0 aliphatic carbocycles. The Morgan fingerprint density at radius 3 is 2.40 bits per heavy atom.